The molecule has 0 aliphatic rings. The molecule has 0 aliphatic carbocycles. The van der Waals surface area contributed by atoms with E-state index in [9.17, 15) is 4.79 Å². The summed E-state index contributed by atoms with van der Waals surface area (Å²) in [6.45, 7) is 0. The fraction of sp³-hybridized carbons (Fsp3) is 0. The average Bonchev–Trinajstić information content (AvgIpc) is 2.04. The maximum absolute atomic E-state index is 11.3. The fourth-order valence-corrected chi connectivity index (χ4v) is 1.57. The van der Waals surface area contributed by atoms with E-state index in [0.29, 0.717) is 10.0 Å². The average molecular weight is 235 g/mol. The molecule has 0 radical (unpaired) electrons. The van der Waals surface area contributed by atoms with Crippen LogP contribution in [0.25, 0.3) is 0 Å². The first-order valence-corrected chi connectivity index (χ1v) is 4.61. The molecule has 1 aromatic carbocycles. The molecule has 0 heterocycles. The zero-order chi connectivity index (χ0) is 9.84. The molecule has 0 saturated heterocycles. The Kier molecular flexibility index (Phi) is 3.79. The molecule has 0 bridgehead atoms. The minimum absolute atomic E-state index is 0.280. The van der Waals surface area contributed by atoms with E-state index in [1.165, 1.54) is 6.08 Å². The van der Waals surface area contributed by atoms with Gasteiger partial charge in [0.15, 0.2) is 5.78 Å². The number of ketones is 1. The van der Waals surface area contributed by atoms with Gasteiger partial charge in [0.05, 0.1) is 15.6 Å². The predicted molar refractivity (Wildman–Crippen MR) is 55.8 cm³/mol. The van der Waals surface area contributed by atoms with Crippen LogP contribution < -0.4 is 0 Å². The van der Waals surface area contributed by atoms with Crippen molar-refractivity contribution in [3.8, 4) is 0 Å². The molecule has 1 rings (SSSR count). The van der Waals surface area contributed by atoms with Gasteiger partial charge in [-0.2, -0.15) is 0 Å². The zero-order valence-electron chi connectivity index (χ0n) is 6.43. The smallest absolute Gasteiger partial charge is 0.189 e. The summed E-state index contributed by atoms with van der Waals surface area (Å²) >= 11 is 16.8. The van der Waals surface area contributed by atoms with E-state index < -0.39 is 0 Å². The lowest BCUT2D eigenvalue weighted by Gasteiger charge is -2.01. The first kappa shape index (κ1) is 10.6. The van der Waals surface area contributed by atoms with Crippen LogP contribution in [0.15, 0.2) is 29.8 Å². The number of hydrogen-bond donors (Lipinski definition) is 0. The van der Waals surface area contributed by atoms with E-state index in [4.69, 9.17) is 34.8 Å². The molecule has 1 nitrogen and oxygen atoms in total. The number of hydrogen-bond acceptors (Lipinski definition) is 1. The highest BCUT2D eigenvalue weighted by atomic mass is 35.5. The molecule has 0 amide bonds. The molecule has 0 spiro atoms. The first-order valence-electron chi connectivity index (χ1n) is 3.42. The molecule has 0 aromatic heterocycles. The molecule has 0 atom stereocenters. The fourth-order valence-electron chi connectivity index (χ4n) is 0.874. The highest BCUT2D eigenvalue weighted by molar-refractivity contribution is 6.41. The van der Waals surface area contributed by atoms with Crippen LogP contribution in [-0.4, -0.2) is 5.78 Å². The molecule has 13 heavy (non-hydrogen) atoms. The Hall–Kier alpha value is -0.500. The number of halogens is 3. The maximum Gasteiger partial charge on any atom is 0.189 e. The lowest BCUT2D eigenvalue weighted by atomic mass is 10.1. The van der Waals surface area contributed by atoms with Gasteiger partial charge in [0.2, 0.25) is 0 Å². The van der Waals surface area contributed by atoms with Crippen molar-refractivity contribution >= 4 is 40.6 Å². The van der Waals surface area contributed by atoms with Gasteiger partial charge in [0.1, 0.15) is 0 Å². The Morgan fingerprint density at radius 3 is 2.23 bits per heavy atom. The van der Waals surface area contributed by atoms with E-state index in [1.54, 1.807) is 18.2 Å². The molecular formula is C9H5Cl3O. The maximum atomic E-state index is 11.3. The van der Waals surface area contributed by atoms with Crippen LogP contribution in [0.4, 0.5) is 0 Å². The summed E-state index contributed by atoms with van der Waals surface area (Å²) in [4.78, 5) is 11.3. The van der Waals surface area contributed by atoms with E-state index in [1.807, 2.05) is 0 Å². The van der Waals surface area contributed by atoms with Crippen LogP contribution >= 0.6 is 34.8 Å². The van der Waals surface area contributed by atoms with E-state index >= 15 is 0 Å². The van der Waals surface area contributed by atoms with Gasteiger partial charge in [0.25, 0.3) is 0 Å². The molecule has 0 aliphatic heterocycles. The Morgan fingerprint density at radius 2 is 1.77 bits per heavy atom. The van der Waals surface area contributed by atoms with Crippen LogP contribution in [0.5, 0.6) is 0 Å². The van der Waals surface area contributed by atoms with Gasteiger partial charge in [-0.1, -0.05) is 40.9 Å². The molecular weight excluding hydrogens is 230 g/mol. The van der Waals surface area contributed by atoms with Crippen molar-refractivity contribution in [1.29, 1.82) is 0 Å². The predicted octanol–water partition coefficient (Wildman–Crippen LogP) is 3.93. The summed E-state index contributed by atoms with van der Waals surface area (Å²) in [5, 5.41) is 0.652. The van der Waals surface area contributed by atoms with Gasteiger partial charge in [0, 0.05) is 5.54 Å². The van der Waals surface area contributed by atoms with E-state index in [2.05, 4.69) is 0 Å². The largest absolute Gasteiger partial charge is 0.289 e. The summed E-state index contributed by atoms with van der Waals surface area (Å²) in [7, 11) is 0. The second kappa shape index (κ2) is 4.66. The van der Waals surface area contributed by atoms with Crippen molar-refractivity contribution in [2.24, 2.45) is 0 Å². The third kappa shape index (κ3) is 2.47. The third-order valence-electron chi connectivity index (χ3n) is 1.42. The van der Waals surface area contributed by atoms with Crippen molar-refractivity contribution in [3.63, 3.8) is 0 Å². The van der Waals surface area contributed by atoms with Gasteiger partial charge in [-0.3, -0.25) is 4.79 Å². The highest BCUT2D eigenvalue weighted by Gasteiger charge is 2.10. The zero-order valence-corrected chi connectivity index (χ0v) is 8.70. The number of allylic oxidation sites excluding steroid dienone is 1. The molecule has 0 unspecified atom stereocenters. The highest BCUT2D eigenvalue weighted by Crippen LogP contribution is 2.24. The number of benzene rings is 1. The normalized spacial score (nSPS) is 10.7. The van der Waals surface area contributed by atoms with Crippen LogP contribution in [0.1, 0.15) is 10.4 Å². The van der Waals surface area contributed by atoms with Crippen molar-refractivity contribution < 1.29 is 4.79 Å². The molecule has 0 N–H and O–H groups in total. The Bertz CT molecular complexity index is 338. The Balaban J connectivity index is 3.20. The first-order chi connectivity index (χ1) is 6.16. The SMILES string of the molecule is O=C(/C=C/Cl)c1c(Cl)cccc1Cl. The number of carbonyl (C=O) groups is 1. The molecule has 1 aromatic rings. The lowest BCUT2D eigenvalue weighted by molar-refractivity contribution is 0.104. The van der Waals surface area contributed by atoms with Crippen molar-refractivity contribution in [2.75, 3.05) is 0 Å². The van der Waals surface area contributed by atoms with E-state index in [-0.39, 0.29) is 11.3 Å². The minimum atomic E-state index is -0.300. The summed E-state index contributed by atoms with van der Waals surface area (Å²) < 4.78 is 0. The van der Waals surface area contributed by atoms with Gasteiger partial charge >= 0.3 is 0 Å². The lowest BCUT2D eigenvalue weighted by Crippen LogP contribution is -1.96. The summed E-state index contributed by atoms with van der Waals surface area (Å²) in [6, 6.07) is 4.87. The summed E-state index contributed by atoms with van der Waals surface area (Å²) in [6.07, 6.45) is 1.20. The Morgan fingerprint density at radius 1 is 1.23 bits per heavy atom. The van der Waals surface area contributed by atoms with Crippen molar-refractivity contribution in [2.45, 2.75) is 0 Å². The molecule has 0 saturated carbocycles. The van der Waals surface area contributed by atoms with Gasteiger partial charge in [-0.05, 0) is 18.2 Å². The number of rotatable bonds is 2. The van der Waals surface area contributed by atoms with Crippen LogP contribution in [0, 0.1) is 0 Å². The molecule has 4 heteroatoms. The number of carbonyl (C=O) groups excluding carboxylic acids is 1. The standard InChI is InChI=1S/C9H5Cl3O/c10-5-4-8(13)9-6(11)2-1-3-7(9)12/h1-5H/b5-4+. The van der Waals surface area contributed by atoms with Crippen LogP contribution in [0.2, 0.25) is 10.0 Å². The quantitative estimate of drug-likeness (QED) is 0.561. The summed E-state index contributed by atoms with van der Waals surface area (Å²) in [5.74, 6) is -0.300. The van der Waals surface area contributed by atoms with Gasteiger partial charge < -0.3 is 0 Å². The summed E-state index contributed by atoms with van der Waals surface area (Å²) in [5.41, 5.74) is 1.41. The molecule has 0 fully saturated rings. The van der Waals surface area contributed by atoms with Crippen molar-refractivity contribution in [3.05, 3.63) is 45.4 Å². The van der Waals surface area contributed by atoms with Gasteiger partial charge in [-0.25, -0.2) is 0 Å². The Labute approximate surface area is 90.9 Å². The monoisotopic (exact) mass is 234 g/mol. The third-order valence-corrected chi connectivity index (χ3v) is 2.18. The molecule has 68 valence electrons. The second-order valence-electron chi connectivity index (χ2n) is 2.25. The van der Waals surface area contributed by atoms with E-state index in [0.717, 1.165) is 5.54 Å². The topological polar surface area (TPSA) is 17.1 Å². The van der Waals surface area contributed by atoms with Crippen LogP contribution in [-0.2, 0) is 0 Å². The second-order valence-corrected chi connectivity index (χ2v) is 3.32. The van der Waals surface area contributed by atoms with Gasteiger partial charge in [-0.15, -0.1) is 0 Å². The van der Waals surface area contributed by atoms with Crippen LogP contribution in [0.3, 0.4) is 0 Å². The minimum Gasteiger partial charge on any atom is -0.289 e. The van der Waals surface area contributed by atoms with Crippen molar-refractivity contribution in [1.82, 2.24) is 0 Å².